The number of para-hydroxylation sites is 1. The molecule has 0 fully saturated rings. The number of halogens is 1. The van der Waals surface area contributed by atoms with Crippen LogP contribution in [-0.4, -0.2) is 15.7 Å². The van der Waals surface area contributed by atoms with E-state index in [9.17, 15) is 9.59 Å². The van der Waals surface area contributed by atoms with E-state index in [1.807, 2.05) is 42.5 Å². The molecule has 0 saturated carbocycles. The van der Waals surface area contributed by atoms with Gasteiger partial charge >= 0.3 is 0 Å². The molecular formula is C17H14ClNO2. The Hall–Kier alpha value is -2.13. The van der Waals surface area contributed by atoms with Gasteiger partial charge in [0, 0.05) is 24.1 Å². The maximum absolute atomic E-state index is 12.0. The van der Waals surface area contributed by atoms with Crippen molar-refractivity contribution in [3.63, 3.8) is 0 Å². The van der Waals surface area contributed by atoms with Crippen LogP contribution < -0.4 is 0 Å². The fourth-order valence-corrected chi connectivity index (χ4v) is 2.85. The number of carbonyl (C=O) groups is 2. The van der Waals surface area contributed by atoms with Crippen LogP contribution in [0.4, 0.5) is 0 Å². The lowest BCUT2D eigenvalue weighted by molar-refractivity contribution is -0.111. The average Bonchev–Trinajstić information content (AvgIpc) is 2.78. The van der Waals surface area contributed by atoms with Gasteiger partial charge in [-0.3, -0.25) is 14.2 Å². The molecule has 0 aliphatic rings. The van der Waals surface area contributed by atoms with Crippen molar-refractivity contribution in [1.82, 2.24) is 4.57 Å². The minimum atomic E-state index is -0.345. The first-order chi connectivity index (χ1) is 10.1. The Balaban J connectivity index is 2.24. The zero-order valence-corrected chi connectivity index (χ0v) is 12.4. The van der Waals surface area contributed by atoms with E-state index < -0.39 is 0 Å². The van der Waals surface area contributed by atoms with Gasteiger partial charge in [-0.1, -0.05) is 30.3 Å². The van der Waals surface area contributed by atoms with Crippen molar-refractivity contribution in [1.29, 1.82) is 0 Å². The van der Waals surface area contributed by atoms with Crippen LogP contribution in [0.15, 0.2) is 42.5 Å². The third-order valence-corrected chi connectivity index (χ3v) is 3.85. The smallest absolute Gasteiger partial charge is 0.228 e. The first kappa shape index (κ1) is 13.8. The van der Waals surface area contributed by atoms with Gasteiger partial charge in [-0.25, -0.2) is 0 Å². The fraction of sp³-hybridized carbons (Fsp3) is 0.176. The largest absolute Gasteiger partial charge is 0.281 e. The SMILES string of the molecule is CC(=O)n1c2ccccc2c2ccc(CCC(=O)Cl)cc21. The molecule has 0 N–H and O–H groups in total. The molecule has 3 rings (SSSR count). The second-order valence-electron chi connectivity index (χ2n) is 5.08. The summed E-state index contributed by atoms with van der Waals surface area (Å²) < 4.78 is 1.72. The fourth-order valence-electron chi connectivity index (χ4n) is 2.75. The number of carbonyl (C=O) groups excluding carboxylic acids is 2. The number of hydrogen-bond acceptors (Lipinski definition) is 2. The second kappa shape index (κ2) is 5.34. The van der Waals surface area contributed by atoms with Gasteiger partial charge in [-0.15, -0.1) is 0 Å². The summed E-state index contributed by atoms with van der Waals surface area (Å²) in [5.41, 5.74) is 2.79. The minimum absolute atomic E-state index is 0.0215. The zero-order valence-electron chi connectivity index (χ0n) is 11.6. The second-order valence-corrected chi connectivity index (χ2v) is 5.50. The molecule has 4 heteroatoms. The first-order valence-corrected chi connectivity index (χ1v) is 7.17. The number of fused-ring (bicyclic) bond motifs is 3. The van der Waals surface area contributed by atoms with E-state index in [4.69, 9.17) is 11.6 Å². The highest BCUT2D eigenvalue weighted by molar-refractivity contribution is 6.63. The molecular weight excluding hydrogens is 286 g/mol. The van der Waals surface area contributed by atoms with Crippen LogP contribution in [0.25, 0.3) is 21.8 Å². The average molecular weight is 300 g/mol. The zero-order chi connectivity index (χ0) is 15.0. The molecule has 3 nitrogen and oxygen atoms in total. The summed E-state index contributed by atoms with van der Waals surface area (Å²) >= 11 is 5.39. The summed E-state index contributed by atoms with van der Waals surface area (Å²) in [6, 6.07) is 13.8. The van der Waals surface area contributed by atoms with Crippen LogP contribution in [0.3, 0.4) is 0 Å². The van der Waals surface area contributed by atoms with Crippen molar-refractivity contribution in [2.45, 2.75) is 19.8 Å². The molecule has 1 heterocycles. The molecule has 3 aromatic rings. The van der Waals surface area contributed by atoms with Gasteiger partial charge in [-0.05, 0) is 35.7 Å². The molecule has 106 valence electrons. The summed E-state index contributed by atoms with van der Waals surface area (Å²) in [7, 11) is 0. The summed E-state index contributed by atoms with van der Waals surface area (Å²) in [6.07, 6.45) is 0.880. The highest BCUT2D eigenvalue weighted by Crippen LogP contribution is 2.29. The number of nitrogens with zero attached hydrogens (tertiary/aromatic N) is 1. The van der Waals surface area contributed by atoms with E-state index >= 15 is 0 Å². The third-order valence-electron chi connectivity index (χ3n) is 3.66. The molecule has 0 aliphatic carbocycles. The maximum atomic E-state index is 12.0. The van der Waals surface area contributed by atoms with E-state index in [0.29, 0.717) is 12.8 Å². The minimum Gasteiger partial charge on any atom is -0.281 e. The standard InChI is InChI=1S/C17H14ClNO2/c1-11(20)19-15-5-3-2-4-13(15)14-8-6-12(10-16(14)19)7-9-17(18)21/h2-6,8,10H,7,9H2,1H3. The Labute approximate surface area is 127 Å². The number of aryl methyl sites for hydroxylation is 1. The lowest BCUT2D eigenvalue weighted by atomic mass is 10.1. The van der Waals surface area contributed by atoms with Crippen LogP contribution >= 0.6 is 11.6 Å². The normalized spacial score (nSPS) is 11.1. The Morgan fingerprint density at radius 2 is 1.76 bits per heavy atom. The molecule has 0 saturated heterocycles. The molecule has 0 amide bonds. The van der Waals surface area contributed by atoms with Crippen molar-refractivity contribution in [2.75, 3.05) is 0 Å². The molecule has 0 bridgehead atoms. The van der Waals surface area contributed by atoms with Gasteiger partial charge in [0.2, 0.25) is 11.1 Å². The van der Waals surface area contributed by atoms with Gasteiger partial charge in [-0.2, -0.15) is 0 Å². The van der Waals surface area contributed by atoms with Crippen molar-refractivity contribution in [3.8, 4) is 0 Å². The Morgan fingerprint density at radius 1 is 1.05 bits per heavy atom. The van der Waals surface area contributed by atoms with Crippen LogP contribution in [-0.2, 0) is 11.2 Å². The van der Waals surface area contributed by atoms with E-state index in [0.717, 1.165) is 27.4 Å². The summed E-state index contributed by atoms with van der Waals surface area (Å²) in [6.45, 7) is 1.56. The van der Waals surface area contributed by atoms with E-state index in [-0.39, 0.29) is 11.1 Å². The van der Waals surface area contributed by atoms with Crippen LogP contribution in [0.2, 0.25) is 0 Å². The summed E-state index contributed by atoms with van der Waals surface area (Å²) in [5.74, 6) is -0.0215. The molecule has 0 atom stereocenters. The molecule has 0 radical (unpaired) electrons. The van der Waals surface area contributed by atoms with Crippen molar-refractivity contribution >= 4 is 44.6 Å². The predicted octanol–water partition coefficient (Wildman–Crippen LogP) is 4.15. The number of benzene rings is 2. The van der Waals surface area contributed by atoms with Crippen molar-refractivity contribution in [3.05, 3.63) is 48.0 Å². The van der Waals surface area contributed by atoms with E-state index in [2.05, 4.69) is 0 Å². The van der Waals surface area contributed by atoms with Gasteiger partial charge in [0.05, 0.1) is 11.0 Å². The third kappa shape index (κ3) is 2.45. The quantitative estimate of drug-likeness (QED) is 0.681. The molecule has 1 aromatic heterocycles. The van der Waals surface area contributed by atoms with Crippen LogP contribution in [0.5, 0.6) is 0 Å². The molecule has 0 spiro atoms. The Bertz CT molecular complexity index is 864. The molecule has 2 aromatic carbocycles. The first-order valence-electron chi connectivity index (χ1n) is 6.79. The van der Waals surface area contributed by atoms with Gasteiger partial charge in [0.25, 0.3) is 0 Å². The molecule has 0 unspecified atom stereocenters. The van der Waals surface area contributed by atoms with Gasteiger partial charge < -0.3 is 0 Å². The number of rotatable bonds is 3. The topological polar surface area (TPSA) is 39.1 Å². The molecule has 21 heavy (non-hydrogen) atoms. The summed E-state index contributed by atoms with van der Waals surface area (Å²) in [5, 5.41) is 1.76. The monoisotopic (exact) mass is 299 g/mol. The number of hydrogen-bond donors (Lipinski definition) is 0. The van der Waals surface area contributed by atoms with Gasteiger partial charge in [0.1, 0.15) is 0 Å². The van der Waals surface area contributed by atoms with Gasteiger partial charge in [0.15, 0.2) is 0 Å². The Morgan fingerprint density at radius 3 is 2.48 bits per heavy atom. The van der Waals surface area contributed by atoms with Crippen molar-refractivity contribution < 1.29 is 9.59 Å². The van der Waals surface area contributed by atoms with Crippen LogP contribution in [0.1, 0.15) is 23.7 Å². The summed E-state index contributed by atoms with van der Waals surface area (Å²) in [4.78, 5) is 22.9. The lowest BCUT2D eigenvalue weighted by Crippen LogP contribution is -2.04. The van der Waals surface area contributed by atoms with E-state index in [1.54, 1.807) is 11.5 Å². The van der Waals surface area contributed by atoms with Crippen molar-refractivity contribution in [2.24, 2.45) is 0 Å². The van der Waals surface area contributed by atoms with Crippen LogP contribution in [0, 0.1) is 0 Å². The Kier molecular flexibility index (Phi) is 3.52. The highest BCUT2D eigenvalue weighted by Gasteiger charge is 2.13. The highest BCUT2D eigenvalue weighted by atomic mass is 35.5. The molecule has 0 aliphatic heterocycles. The number of aromatic nitrogens is 1. The maximum Gasteiger partial charge on any atom is 0.228 e. The van der Waals surface area contributed by atoms with E-state index in [1.165, 1.54) is 0 Å². The lowest BCUT2D eigenvalue weighted by Gasteiger charge is -2.03. The predicted molar refractivity (Wildman–Crippen MR) is 84.9 cm³/mol.